The van der Waals surface area contributed by atoms with E-state index in [1.807, 2.05) is 45.0 Å². The Labute approximate surface area is 106 Å². The van der Waals surface area contributed by atoms with E-state index >= 15 is 0 Å². The Morgan fingerprint density at radius 2 is 1.94 bits per heavy atom. The minimum Gasteiger partial charge on any atom is -0.469 e. The van der Waals surface area contributed by atoms with Crippen LogP contribution in [0.15, 0.2) is 30.6 Å². The van der Waals surface area contributed by atoms with E-state index in [1.54, 1.807) is 0 Å². The van der Waals surface area contributed by atoms with Crippen molar-refractivity contribution in [3.05, 3.63) is 30.6 Å². The second kappa shape index (κ2) is 4.72. The molecule has 0 radical (unpaired) electrons. The molecule has 0 aliphatic heterocycles. The fourth-order valence-corrected chi connectivity index (χ4v) is 1.45. The Bertz CT molecular complexity index is 568. The van der Waals surface area contributed by atoms with Crippen LogP contribution in [0, 0.1) is 5.41 Å². The predicted octanol–water partition coefficient (Wildman–Crippen LogP) is 2.62. The smallest absolute Gasteiger partial charge is 0.224 e. The zero-order chi connectivity index (χ0) is 13.2. The van der Waals surface area contributed by atoms with E-state index in [2.05, 4.69) is 9.97 Å². The topological polar surface area (TPSA) is 52.1 Å². The summed E-state index contributed by atoms with van der Waals surface area (Å²) in [6.07, 6.45) is 1.44. The lowest BCUT2D eigenvalue weighted by Crippen LogP contribution is -2.26. The number of rotatable bonds is 3. The number of carbonyl (C=O) groups excluding carboxylic acids is 1. The molecule has 0 fully saturated rings. The fourth-order valence-electron chi connectivity index (χ4n) is 1.45. The SMILES string of the molecule is CC(C)(C)C(=O)COc1ncnc2ccccc12. The molecule has 1 aromatic carbocycles. The highest BCUT2D eigenvalue weighted by molar-refractivity contribution is 5.86. The summed E-state index contributed by atoms with van der Waals surface area (Å²) < 4.78 is 5.51. The van der Waals surface area contributed by atoms with Gasteiger partial charge in [-0.25, -0.2) is 9.97 Å². The number of Topliss-reactive ketones (excluding diaryl/α,β-unsaturated/α-hetero) is 1. The standard InChI is InChI=1S/C14H16N2O2/c1-14(2,3)12(17)8-18-13-10-6-4-5-7-11(10)15-9-16-13/h4-7,9H,8H2,1-3H3. The molecule has 0 aliphatic rings. The van der Waals surface area contributed by atoms with E-state index in [4.69, 9.17) is 4.74 Å². The van der Waals surface area contributed by atoms with E-state index < -0.39 is 5.41 Å². The number of benzene rings is 1. The first-order chi connectivity index (χ1) is 8.48. The average Bonchev–Trinajstić information content (AvgIpc) is 2.34. The number of aromatic nitrogens is 2. The first-order valence-corrected chi connectivity index (χ1v) is 5.84. The molecule has 0 spiro atoms. The third kappa shape index (κ3) is 2.64. The largest absolute Gasteiger partial charge is 0.469 e. The highest BCUT2D eigenvalue weighted by Crippen LogP contribution is 2.21. The van der Waals surface area contributed by atoms with Gasteiger partial charge in [-0.2, -0.15) is 0 Å². The third-order valence-corrected chi connectivity index (χ3v) is 2.68. The van der Waals surface area contributed by atoms with Gasteiger partial charge in [0.1, 0.15) is 12.9 Å². The van der Waals surface area contributed by atoms with Gasteiger partial charge in [0.25, 0.3) is 0 Å². The summed E-state index contributed by atoms with van der Waals surface area (Å²) in [6.45, 7) is 5.65. The molecule has 0 atom stereocenters. The lowest BCUT2D eigenvalue weighted by Gasteiger charge is -2.16. The van der Waals surface area contributed by atoms with Gasteiger partial charge in [0.15, 0.2) is 5.78 Å². The zero-order valence-electron chi connectivity index (χ0n) is 10.8. The Morgan fingerprint density at radius 1 is 1.22 bits per heavy atom. The Morgan fingerprint density at radius 3 is 2.67 bits per heavy atom. The highest BCUT2D eigenvalue weighted by Gasteiger charge is 2.22. The molecule has 0 saturated heterocycles. The first kappa shape index (κ1) is 12.5. The van der Waals surface area contributed by atoms with E-state index in [9.17, 15) is 4.79 Å². The molecule has 0 N–H and O–H groups in total. The van der Waals surface area contributed by atoms with E-state index in [0.29, 0.717) is 5.88 Å². The van der Waals surface area contributed by atoms with Gasteiger partial charge in [-0.1, -0.05) is 32.9 Å². The van der Waals surface area contributed by atoms with Crippen LogP contribution in [0.4, 0.5) is 0 Å². The van der Waals surface area contributed by atoms with Gasteiger partial charge in [-0.05, 0) is 12.1 Å². The molecule has 0 aliphatic carbocycles. The van der Waals surface area contributed by atoms with E-state index in [-0.39, 0.29) is 12.4 Å². The summed E-state index contributed by atoms with van der Waals surface area (Å²) in [5.41, 5.74) is 0.411. The van der Waals surface area contributed by atoms with Crippen molar-refractivity contribution in [3.8, 4) is 5.88 Å². The minimum absolute atomic E-state index is 0.0322. The number of hydrogen-bond donors (Lipinski definition) is 0. The molecule has 4 heteroatoms. The minimum atomic E-state index is -0.400. The monoisotopic (exact) mass is 244 g/mol. The van der Waals surface area contributed by atoms with Crippen molar-refractivity contribution in [1.29, 1.82) is 0 Å². The summed E-state index contributed by atoms with van der Waals surface area (Å²) >= 11 is 0. The first-order valence-electron chi connectivity index (χ1n) is 5.84. The van der Waals surface area contributed by atoms with Crippen molar-refractivity contribution in [1.82, 2.24) is 9.97 Å². The molecule has 1 heterocycles. The van der Waals surface area contributed by atoms with Gasteiger partial charge in [0.05, 0.1) is 10.9 Å². The van der Waals surface area contributed by atoms with Crippen molar-refractivity contribution >= 4 is 16.7 Å². The van der Waals surface area contributed by atoms with Crippen LogP contribution in [0.5, 0.6) is 5.88 Å². The number of para-hydroxylation sites is 1. The maximum Gasteiger partial charge on any atom is 0.224 e. The van der Waals surface area contributed by atoms with Gasteiger partial charge in [-0.15, -0.1) is 0 Å². The fraction of sp³-hybridized carbons (Fsp3) is 0.357. The second-order valence-electron chi connectivity index (χ2n) is 5.16. The summed E-state index contributed by atoms with van der Waals surface area (Å²) in [5.74, 6) is 0.503. The van der Waals surface area contributed by atoms with E-state index in [1.165, 1.54) is 6.33 Å². The van der Waals surface area contributed by atoms with Crippen molar-refractivity contribution in [3.63, 3.8) is 0 Å². The Balaban J connectivity index is 2.20. The van der Waals surface area contributed by atoms with Gasteiger partial charge < -0.3 is 4.74 Å². The molecule has 94 valence electrons. The van der Waals surface area contributed by atoms with Crippen LogP contribution in [0.25, 0.3) is 10.9 Å². The number of ether oxygens (including phenoxy) is 1. The molecule has 0 bridgehead atoms. The molecule has 1 aromatic heterocycles. The van der Waals surface area contributed by atoms with E-state index in [0.717, 1.165) is 10.9 Å². The highest BCUT2D eigenvalue weighted by atomic mass is 16.5. The quantitative estimate of drug-likeness (QED) is 0.832. The number of nitrogens with zero attached hydrogens (tertiary/aromatic N) is 2. The van der Waals surface area contributed by atoms with Gasteiger partial charge in [-0.3, -0.25) is 4.79 Å². The van der Waals surface area contributed by atoms with Crippen LogP contribution >= 0.6 is 0 Å². The van der Waals surface area contributed by atoms with Crippen LogP contribution < -0.4 is 4.74 Å². The molecular weight excluding hydrogens is 228 g/mol. The molecule has 0 amide bonds. The molecule has 4 nitrogen and oxygen atoms in total. The van der Waals surface area contributed by atoms with Crippen LogP contribution in [0.2, 0.25) is 0 Å². The number of fused-ring (bicyclic) bond motifs is 1. The second-order valence-corrected chi connectivity index (χ2v) is 5.16. The number of ketones is 1. The summed E-state index contributed by atoms with van der Waals surface area (Å²) in [5, 5.41) is 0.821. The van der Waals surface area contributed by atoms with Crippen molar-refractivity contribution in [2.75, 3.05) is 6.61 Å². The van der Waals surface area contributed by atoms with Crippen molar-refractivity contribution < 1.29 is 9.53 Å². The zero-order valence-corrected chi connectivity index (χ0v) is 10.8. The number of carbonyl (C=O) groups is 1. The summed E-state index contributed by atoms with van der Waals surface area (Å²) in [7, 11) is 0. The van der Waals surface area contributed by atoms with Gasteiger partial charge in [0.2, 0.25) is 5.88 Å². The molecule has 2 rings (SSSR count). The Hall–Kier alpha value is -1.97. The third-order valence-electron chi connectivity index (χ3n) is 2.68. The van der Waals surface area contributed by atoms with Crippen molar-refractivity contribution in [2.24, 2.45) is 5.41 Å². The number of hydrogen-bond acceptors (Lipinski definition) is 4. The summed E-state index contributed by atoms with van der Waals surface area (Å²) in [6, 6.07) is 7.56. The molecular formula is C14H16N2O2. The Kier molecular flexibility index (Phi) is 3.28. The van der Waals surface area contributed by atoms with Gasteiger partial charge >= 0.3 is 0 Å². The van der Waals surface area contributed by atoms with Crippen LogP contribution in [-0.4, -0.2) is 22.4 Å². The molecule has 18 heavy (non-hydrogen) atoms. The normalized spacial score (nSPS) is 11.5. The van der Waals surface area contributed by atoms with Crippen LogP contribution in [0.1, 0.15) is 20.8 Å². The lowest BCUT2D eigenvalue weighted by molar-refractivity contribution is -0.128. The van der Waals surface area contributed by atoms with Gasteiger partial charge in [0, 0.05) is 5.41 Å². The van der Waals surface area contributed by atoms with Crippen molar-refractivity contribution in [2.45, 2.75) is 20.8 Å². The molecule has 0 saturated carbocycles. The molecule has 2 aromatic rings. The van der Waals surface area contributed by atoms with Crippen LogP contribution in [-0.2, 0) is 4.79 Å². The van der Waals surface area contributed by atoms with Crippen LogP contribution in [0.3, 0.4) is 0 Å². The average molecular weight is 244 g/mol. The lowest BCUT2D eigenvalue weighted by atomic mass is 9.91. The molecule has 0 unspecified atom stereocenters. The maximum absolute atomic E-state index is 11.8. The predicted molar refractivity (Wildman–Crippen MR) is 69.5 cm³/mol. The maximum atomic E-state index is 11.8. The summed E-state index contributed by atoms with van der Waals surface area (Å²) in [4.78, 5) is 20.0.